The monoisotopic (exact) mass is 406 g/mol. The molecule has 2 saturated carbocycles. The molecule has 2 aliphatic carbocycles. The SMILES string of the molecule is Clc1cccc(Cl)c1-c1noc(C2CC2)c1COC1CC2(CCNCC2)C1. The van der Waals surface area contributed by atoms with Crippen molar-refractivity contribution in [2.45, 2.75) is 57.2 Å². The molecule has 0 bridgehead atoms. The molecule has 144 valence electrons. The Balaban J connectivity index is 1.35. The van der Waals surface area contributed by atoms with Crippen LogP contribution in [0.3, 0.4) is 0 Å². The Morgan fingerprint density at radius 3 is 2.52 bits per heavy atom. The maximum absolute atomic E-state index is 6.43. The molecule has 1 saturated heterocycles. The summed E-state index contributed by atoms with van der Waals surface area (Å²) in [4.78, 5) is 0. The van der Waals surface area contributed by atoms with Gasteiger partial charge in [-0.25, -0.2) is 0 Å². The van der Waals surface area contributed by atoms with E-state index in [9.17, 15) is 0 Å². The van der Waals surface area contributed by atoms with Crippen molar-refractivity contribution < 1.29 is 9.26 Å². The van der Waals surface area contributed by atoms with Crippen LogP contribution in [0.4, 0.5) is 0 Å². The molecule has 6 heteroatoms. The lowest BCUT2D eigenvalue weighted by Crippen LogP contribution is -2.48. The summed E-state index contributed by atoms with van der Waals surface area (Å²) < 4.78 is 12.0. The summed E-state index contributed by atoms with van der Waals surface area (Å²) in [5.41, 5.74) is 3.03. The van der Waals surface area contributed by atoms with Crippen LogP contribution in [0, 0.1) is 5.41 Å². The fraction of sp³-hybridized carbons (Fsp3) is 0.571. The number of halogens is 2. The highest BCUT2D eigenvalue weighted by molar-refractivity contribution is 6.39. The highest BCUT2D eigenvalue weighted by Gasteiger charge is 2.45. The largest absolute Gasteiger partial charge is 0.373 e. The molecule has 4 nitrogen and oxygen atoms in total. The fourth-order valence-corrected chi connectivity index (χ4v) is 5.22. The smallest absolute Gasteiger partial charge is 0.145 e. The minimum Gasteiger partial charge on any atom is -0.373 e. The summed E-state index contributed by atoms with van der Waals surface area (Å²) in [7, 11) is 0. The summed E-state index contributed by atoms with van der Waals surface area (Å²) in [6.45, 7) is 2.80. The van der Waals surface area contributed by atoms with Crippen LogP contribution in [0.25, 0.3) is 11.3 Å². The molecule has 1 aromatic heterocycles. The molecule has 1 spiro atoms. The number of benzene rings is 1. The molecule has 0 amide bonds. The van der Waals surface area contributed by atoms with Crippen molar-refractivity contribution in [3.05, 3.63) is 39.6 Å². The van der Waals surface area contributed by atoms with Gasteiger partial charge in [-0.3, -0.25) is 0 Å². The highest BCUT2D eigenvalue weighted by Crippen LogP contribution is 2.50. The van der Waals surface area contributed by atoms with Gasteiger partial charge < -0.3 is 14.6 Å². The first-order valence-corrected chi connectivity index (χ1v) is 10.7. The highest BCUT2D eigenvalue weighted by atomic mass is 35.5. The number of hydrogen-bond acceptors (Lipinski definition) is 4. The molecule has 5 rings (SSSR count). The maximum atomic E-state index is 6.43. The van der Waals surface area contributed by atoms with Gasteiger partial charge in [-0.15, -0.1) is 0 Å². The van der Waals surface area contributed by atoms with Crippen LogP contribution in [0.2, 0.25) is 10.0 Å². The van der Waals surface area contributed by atoms with Gasteiger partial charge in [-0.1, -0.05) is 34.4 Å². The van der Waals surface area contributed by atoms with E-state index in [-0.39, 0.29) is 0 Å². The quantitative estimate of drug-likeness (QED) is 0.704. The van der Waals surface area contributed by atoms with E-state index in [0.717, 1.165) is 48.5 Å². The predicted molar refractivity (Wildman–Crippen MR) is 106 cm³/mol. The summed E-state index contributed by atoms with van der Waals surface area (Å²) in [5, 5.41) is 8.98. The molecule has 1 aromatic carbocycles. The van der Waals surface area contributed by atoms with Crippen LogP contribution in [-0.2, 0) is 11.3 Å². The number of ether oxygens (including phenoxy) is 1. The third-order valence-electron chi connectivity index (χ3n) is 6.42. The third-order valence-corrected chi connectivity index (χ3v) is 7.05. The van der Waals surface area contributed by atoms with Crippen molar-refractivity contribution in [1.29, 1.82) is 0 Å². The number of hydrogen-bond donors (Lipinski definition) is 1. The van der Waals surface area contributed by atoms with E-state index >= 15 is 0 Å². The number of nitrogens with zero attached hydrogens (tertiary/aromatic N) is 1. The Labute approximate surface area is 169 Å². The number of piperidine rings is 1. The first-order valence-electron chi connectivity index (χ1n) is 9.90. The summed E-state index contributed by atoms with van der Waals surface area (Å²) in [6, 6.07) is 5.52. The Bertz CT molecular complexity index is 812. The average molecular weight is 407 g/mol. The fourth-order valence-electron chi connectivity index (χ4n) is 4.64. The van der Waals surface area contributed by atoms with Gasteiger partial charge in [0.2, 0.25) is 0 Å². The summed E-state index contributed by atoms with van der Waals surface area (Å²) in [6.07, 6.45) is 7.51. The molecular formula is C21H24Cl2N2O2. The standard InChI is InChI=1S/C21H24Cl2N2O2/c22-16-2-1-3-17(23)18(16)19-15(20(27-25-19)13-4-5-13)12-26-14-10-21(11-14)6-8-24-9-7-21/h1-3,13-14,24H,4-12H2. The van der Waals surface area contributed by atoms with Gasteiger partial charge >= 0.3 is 0 Å². The van der Waals surface area contributed by atoms with E-state index in [2.05, 4.69) is 10.5 Å². The predicted octanol–water partition coefficient (Wildman–Crippen LogP) is 5.57. The molecule has 1 N–H and O–H groups in total. The van der Waals surface area contributed by atoms with Gasteiger partial charge in [0.25, 0.3) is 0 Å². The molecule has 1 aliphatic heterocycles. The zero-order valence-electron chi connectivity index (χ0n) is 15.3. The van der Waals surface area contributed by atoms with E-state index in [4.69, 9.17) is 32.5 Å². The Hall–Kier alpha value is -1.07. The van der Waals surface area contributed by atoms with Crippen molar-refractivity contribution in [3.63, 3.8) is 0 Å². The Morgan fingerprint density at radius 1 is 1.15 bits per heavy atom. The van der Waals surface area contributed by atoms with E-state index < -0.39 is 0 Å². The van der Waals surface area contributed by atoms with Gasteiger partial charge in [0, 0.05) is 17.0 Å². The van der Waals surface area contributed by atoms with Crippen LogP contribution in [0.1, 0.15) is 55.8 Å². The molecule has 0 atom stereocenters. The lowest BCUT2D eigenvalue weighted by molar-refractivity contribution is -0.1000. The number of aromatic nitrogens is 1. The molecule has 0 radical (unpaired) electrons. The van der Waals surface area contributed by atoms with Crippen molar-refractivity contribution in [2.75, 3.05) is 13.1 Å². The minimum absolute atomic E-state index is 0.333. The van der Waals surface area contributed by atoms with Crippen molar-refractivity contribution >= 4 is 23.2 Å². The van der Waals surface area contributed by atoms with Crippen molar-refractivity contribution in [2.24, 2.45) is 5.41 Å². The van der Waals surface area contributed by atoms with Crippen LogP contribution in [0.5, 0.6) is 0 Å². The lowest BCUT2D eigenvalue weighted by Gasteiger charge is -2.50. The molecule has 2 aromatic rings. The first kappa shape index (κ1) is 18.0. The Morgan fingerprint density at radius 2 is 1.85 bits per heavy atom. The minimum atomic E-state index is 0.333. The zero-order chi connectivity index (χ0) is 18.4. The molecular weight excluding hydrogens is 383 g/mol. The molecule has 0 unspecified atom stereocenters. The molecule has 27 heavy (non-hydrogen) atoms. The first-order chi connectivity index (χ1) is 13.2. The van der Waals surface area contributed by atoms with Gasteiger partial charge in [-0.2, -0.15) is 0 Å². The third kappa shape index (κ3) is 3.42. The van der Waals surface area contributed by atoms with Gasteiger partial charge in [0.1, 0.15) is 11.5 Å². The number of rotatable bonds is 5. The van der Waals surface area contributed by atoms with Crippen molar-refractivity contribution in [3.8, 4) is 11.3 Å². The normalized spacial score (nSPS) is 22.1. The lowest BCUT2D eigenvalue weighted by atomic mass is 9.62. The summed E-state index contributed by atoms with van der Waals surface area (Å²) >= 11 is 12.9. The second kappa shape index (κ2) is 7.07. The van der Waals surface area contributed by atoms with E-state index in [1.807, 2.05) is 18.2 Å². The zero-order valence-corrected chi connectivity index (χ0v) is 16.8. The topological polar surface area (TPSA) is 47.3 Å². The second-order valence-corrected chi connectivity index (χ2v) is 9.15. The van der Waals surface area contributed by atoms with Gasteiger partial charge in [0.05, 0.1) is 22.8 Å². The van der Waals surface area contributed by atoms with E-state index in [1.54, 1.807) is 0 Å². The van der Waals surface area contributed by atoms with E-state index in [0.29, 0.717) is 34.1 Å². The summed E-state index contributed by atoms with van der Waals surface area (Å²) in [5.74, 6) is 1.42. The van der Waals surface area contributed by atoms with Crippen molar-refractivity contribution in [1.82, 2.24) is 10.5 Å². The Kier molecular flexibility index (Phi) is 4.71. The second-order valence-electron chi connectivity index (χ2n) is 8.34. The van der Waals surface area contributed by atoms with E-state index in [1.165, 1.54) is 25.7 Å². The van der Waals surface area contributed by atoms with Crippen LogP contribution in [0.15, 0.2) is 22.7 Å². The van der Waals surface area contributed by atoms with Crippen LogP contribution in [-0.4, -0.2) is 24.4 Å². The van der Waals surface area contributed by atoms with Gasteiger partial charge in [0.15, 0.2) is 0 Å². The van der Waals surface area contributed by atoms with Crippen LogP contribution < -0.4 is 5.32 Å². The molecule has 3 fully saturated rings. The molecule has 3 aliphatic rings. The molecule has 2 heterocycles. The maximum Gasteiger partial charge on any atom is 0.145 e. The average Bonchev–Trinajstić information content (AvgIpc) is 3.40. The van der Waals surface area contributed by atoms with Crippen LogP contribution >= 0.6 is 23.2 Å². The van der Waals surface area contributed by atoms with Gasteiger partial charge in [-0.05, 0) is 69.2 Å². The number of nitrogens with one attached hydrogen (secondary N) is 1.